The zero-order chi connectivity index (χ0) is 28.8. The molecule has 1 fully saturated rings. The van der Waals surface area contributed by atoms with Crippen LogP contribution in [0.3, 0.4) is 0 Å². The molecule has 214 valence electrons. The molecule has 3 aromatic rings. The standard InChI is InChI=1S/C21H25Cl2N5O2S2.C2HF3O2/c1-24-20-15-4-2-3-5-16(15)27-21(28-20)25-11-13-6-8-14(9-7-13)12-26-32(29,30)17-10-18(22)31-19(17)23;3-2(4,5)1(6)7/h2-5,10,13-14,26H,6-9,11-12H2,1H3,(H2,24,25,27,28);(H,6,7). The van der Waals surface area contributed by atoms with Gasteiger partial charge in [0.15, 0.2) is 0 Å². The Bertz CT molecular complexity index is 1400. The first kappa shape index (κ1) is 31.1. The van der Waals surface area contributed by atoms with Gasteiger partial charge in [-0.3, -0.25) is 0 Å². The first-order chi connectivity index (χ1) is 18.3. The fraction of sp³-hybridized carbons (Fsp3) is 0.435. The van der Waals surface area contributed by atoms with Gasteiger partial charge >= 0.3 is 12.1 Å². The topological polar surface area (TPSA) is 133 Å². The Balaban J connectivity index is 0.000000532. The molecule has 0 spiro atoms. The van der Waals surface area contributed by atoms with Crippen molar-refractivity contribution in [3.63, 3.8) is 0 Å². The SMILES string of the molecule is CNc1nc(NCC2CCC(CNS(=O)(=O)c3cc(Cl)sc3Cl)CC2)nc2ccccc12.O=C(O)C(F)(F)F. The van der Waals surface area contributed by atoms with Crippen LogP contribution in [-0.2, 0) is 14.8 Å². The van der Waals surface area contributed by atoms with E-state index in [1.165, 1.54) is 6.07 Å². The van der Waals surface area contributed by atoms with Gasteiger partial charge in [-0.05, 0) is 55.7 Å². The maximum Gasteiger partial charge on any atom is 0.490 e. The number of carbonyl (C=O) groups is 1. The van der Waals surface area contributed by atoms with E-state index < -0.39 is 22.2 Å². The molecule has 0 aliphatic heterocycles. The van der Waals surface area contributed by atoms with E-state index in [-0.39, 0.29) is 9.23 Å². The maximum atomic E-state index is 12.5. The summed E-state index contributed by atoms with van der Waals surface area (Å²) in [6, 6.07) is 9.32. The Morgan fingerprint density at radius 1 is 1.10 bits per heavy atom. The van der Waals surface area contributed by atoms with Crippen LogP contribution in [0.1, 0.15) is 25.7 Å². The van der Waals surface area contributed by atoms with Gasteiger partial charge in [0.25, 0.3) is 0 Å². The van der Waals surface area contributed by atoms with Gasteiger partial charge < -0.3 is 15.7 Å². The summed E-state index contributed by atoms with van der Waals surface area (Å²) in [7, 11) is -1.79. The fourth-order valence-corrected chi connectivity index (χ4v) is 7.30. The number of benzene rings is 1. The van der Waals surface area contributed by atoms with Gasteiger partial charge in [0.2, 0.25) is 16.0 Å². The van der Waals surface area contributed by atoms with E-state index >= 15 is 0 Å². The number of fused-ring (bicyclic) bond motifs is 1. The van der Waals surface area contributed by atoms with Crippen LogP contribution in [0.2, 0.25) is 8.67 Å². The highest BCUT2D eigenvalue weighted by Crippen LogP contribution is 2.35. The van der Waals surface area contributed by atoms with E-state index in [2.05, 4.69) is 25.3 Å². The van der Waals surface area contributed by atoms with E-state index in [1.807, 2.05) is 31.3 Å². The molecule has 9 nitrogen and oxygen atoms in total. The molecule has 1 saturated carbocycles. The van der Waals surface area contributed by atoms with Crippen LogP contribution < -0.4 is 15.4 Å². The molecular formula is C23H26Cl2F3N5O4S2. The quantitative estimate of drug-likeness (QED) is 0.244. The number of anilines is 2. The molecular weight excluding hydrogens is 602 g/mol. The van der Waals surface area contributed by atoms with Crippen LogP contribution in [-0.4, -0.2) is 55.8 Å². The van der Waals surface area contributed by atoms with Gasteiger partial charge in [-0.25, -0.2) is 22.9 Å². The number of carboxylic acids is 1. The molecule has 16 heteroatoms. The third-order valence-corrected chi connectivity index (χ3v) is 9.25. The van der Waals surface area contributed by atoms with Crippen molar-refractivity contribution in [2.75, 3.05) is 30.8 Å². The Morgan fingerprint density at radius 3 is 2.23 bits per heavy atom. The van der Waals surface area contributed by atoms with Gasteiger partial charge in [-0.1, -0.05) is 35.3 Å². The zero-order valence-corrected chi connectivity index (χ0v) is 23.7. The molecule has 0 unspecified atom stereocenters. The number of alkyl halides is 3. The summed E-state index contributed by atoms with van der Waals surface area (Å²) in [4.78, 5) is 18.2. The smallest absolute Gasteiger partial charge is 0.475 e. The first-order valence-corrected chi connectivity index (χ1v) is 14.8. The van der Waals surface area contributed by atoms with E-state index in [0.717, 1.165) is 60.3 Å². The predicted octanol–water partition coefficient (Wildman–Crippen LogP) is 5.87. The number of carboxylic acid groups (broad SMARTS) is 1. The number of nitrogens with one attached hydrogen (secondary N) is 3. The van der Waals surface area contributed by atoms with Gasteiger partial charge in [0.1, 0.15) is 15.0 Å². The summed E-state index contributed by atoms with van der Waals surface area (Å²) in [6.07, 6.45) is -1.10. The molecule has 0 atom stereocenters. The van der Waals surface area contributed by atoms with Crippen molar-refractivity contribution in [2.45, 2.75) is 36.8 Å². The Morgan fingerprint density at radius 2 is 1.69 bits per heavy atom. The molecule has 0 saturated heterocycles. The number of halogens is 5. The third-order valence-electron chi connectivity index (χ3n) is 6.07. The number of hydrogen-bond acceptors (Lipinski definition) is 8. The molecule has 4 rings (SSSR count). The van der Waals surface area contributed by atoms with Crippen LogP contribution in [0, 0.1) is 11.8 Å². The summed E-state index contributed by atoms with van der Waals surface area (Å²) < 4.78 is 60.0. The molecule has 2 heterocycles. The number of aliphatic carboxylic acids is 1. The molecule has 0 radical (unpaired) electrons. The highest BCUT2D eigenvalue weighted by atomic mass is 35.5. The molecule has 0 bridgehead atoms. The average molecular weight is 629 g/mol. The highest BCUT2D eigenvalue weighted by Gasteiger charge is 2.38. The van der Waals surface area contributed by atoms with Crippen molar-refractivity contribution in [1.29, 1.82) is 0 Å². The summed E-state index contributed by atoms with van der Waals surface area (Å²) in [5.41, 5.74) is 0.900. The van der Waals surface area contributed by atoms with Crippen molar-refractivity contribution in [3.8, 4) is 0 Å². The lowest BCUT2D eigenvalue weighted by Crippen LogP contribution is -2.32. The van der Waals surface area contributed by atoms with Crippen LogP contribution in [0.5, 0.6) is 0 Å². The number of hydrogen-bond donors (Lipinski definition) is 4. The lowest BCUT2D eigenvalue weighted by atomic mass is 9.82. The number of thiophene rings is 1. The van der Waals surface area contributed by atoms with Crippen LogP contribution in [0.25, 0.3) is 10.9 Å². The van der Waals surface area contributed by atoms with Crippen molar-refractivity contribution >= 4 is 73.2 Å². The van der Waals surface area contributed by atoms with Gasteiger partial charge in [-0.15, -0.1) is 11.3 Å². The summed E-state index contributed by atoms with van der Waals surface area (Å²) >= 11 is 12.9. The Labute approximate surface area is 237 Å². The molecule has 0 amide bonds. The van der Waals surface area contributed by atoms with Crippen LogP contribution >= 0.6 is 34.5 Å². The minimum atomic E-state index is -5.08. The molecule has 2 aromatic heterocycles. The number of aromatic nitrogens is 2. The van der Waals surface area contributed by atoms with Crippen molar-refractivity contribution in [1.82, 2.24) is 14.7 Å². The van der Waals surface area contributed by atoms with Crippen molar-refractivity contribution < 1.29 is 31.5 Å². The number of nitrogens with zero attached hydrogens (tertiary/aromatic N) is 2. The van der Waals surface area contributed by atoms with Gasteiger partial charge in [0, 0.05) is 25.5 Å². The lowest BCUT2D eigenvalue weighted by molar-refractivity contribution is -0.192. The normalized spacial score (nSPS) is 17.8. The Hall–Kier alpha value is -2.39. The minimum absolute atomic E-state index is 0.0587. The Kier molecular flexibility index (Phi) is 10.6. The van der Waals surface area contributed by atoms with E-state index in [0.29, 0.717) is 28.7 Å². The van der Waals surface area contributed by atoms with E-state index in [9.17, 15) is 21.6 Å². The van der Waals surface area contributed by atoms with Crippen molar-refractivity contribution in [3.05, 3.63) is 39.0 Å². The molecule has 4 N–H and O–H groups in total. The maximum absolute atomic E-state index is 12.5. The molecule has 1 aromatic carbocycles. The van der Waals surface area contributed by atoms with Gasteiger partial charge in [-0.2, -0.15) is 18.2 Å². The highest BCUT2D eigenvalue weighted by molar-refractivity contribution is 7.89. The first-order valence-electron chi connectivity index (χ1n) is 11.7. The second-order valence-electron chi connectivity index (χ2n) is 8.77. The third kappa shape index (κ3) is 8.80. The predicted molar refractivity (Wildman–Crippen MR) is 146 cm³/mol. The second-order valence-corrected chi connectivity index (χ2v) is 12.8. The van der Waals surface area contributed by atoms with E-state index in [1.54, 1.807) is 0 Å². The molecule has 1 aliphatic rings. The van der Waals surface area contributed by atoms with Crippen LogP contribution in [0.4, 0.5) is 24.9 Å². The fourth-order valence-electron chi connectivity index (χ4n) is 4.04. The lowest BCUT2D eigenvalue weighted by Gasteiger charge is -2.28. The minimum Gasteiger partial charge on any atom is -0.475 e. The van der Waals surface area contributed by atoms with E-state index in [4.69, 9.17) is 33.1 Å². The summed E-state index contributed by atoms with van der Waals surface area (Å²) in [5, 5.41) is 14.6. The second kappa shape index (κ2) is 13.3. The number of rotatable bonds is 8. The average Bonchev–Trinajstić information content (AvgIpc) is 3.24. The van der Waals surface area contributed by atoms with Crippen LogP contribution in [0.15, 0.2) is 35.2 Å². The largest absolute Gasteiger partial charge is 0.490 e. The molecule has 1 aliphatic carbocycles. The summed E-state index contributed by atoms with van der Waals surface area (Å²) in [5.74, 6) is -0.523. The van der Waals surface area contributed by atoms with Crippen molar-refractivity contribution in [2.24, 2.45) is 11.8 Å². The molecule has 39 heavy (non-hydrogen) atoms. The number of para-hydroxylation sites is 1. The number of sulfonamides is 1. The van der Waals surface area contributed by atoms with Gasteiger partial charge in [0.05, 0.1) is 9.85 Å². The monoisotopic (exact) mass is 627 g/mol. The zero-order valence-electron chi connectivity index (χ0n) is 20.6. The summed E-state index contributed by atoms with van der Waals surface area (Å²) in [6.45, 7) is 1.20.